The van der Waals surface area contributed by atoms with Gasteiger partial charge in [0.1, 0.15) is 17.0 Å². The Morgan fingerprint density at radius 1 is 1.40 bits per heavy atom. The van der Waals surface area contributed by atoms with Crippen LogP contribution < -0.4 is 15.4 Å². The Hall–Kier alpha value is -2.90. The van der Waals surface area contributed by atoms with Crippen LogP contribution in [-0.2, 0) is 13.1 Å². The minimum Gasteiger partial charge on any atom is -0.487 e. The molecule has 1 aromatic carbocycles. The van der Waals surface area contributed by atoms with Gasteiger partial charge >= 0.3 is 6.03 Å². The summed E-state index contributed by atoms with van der Waals surface area (Å²) in [7, 11) is 0. The Kier molecular flexibility index (Phi) is 4.43. The number of fused-ring (bicyclic) bond motifs is 1. The van der Waals surface area contributed by atoms with E-state index in [9.17, 15) is 9.59 Å². The Morgan fingerprint density at radius 2 is 2.20 bits per heavy atom. The van der Waals surface area contributed by atoms with Crippen molar-refractivity contribution in [1.82, 2.24) is 20.3 Å². The van der Waals surface area contributed by atoms with E-state index in [4.69, 9.17) is 4.74 Å². The zero-order chi connectivity index (χ0) is 18.0. The second-order valence-electron chi connectivity index (χ2n) is 6.50. The topological polar surface area (TPSA) is 98.1 Å². The maximum absolute atomic E-state index is 12.3. The molecule has 132 valence electrons. The number of carbonyl (C=O) groups excluding carboxylic acids is 2. The molecule has 8 nitrogen and oxygen atoms in total. The van der Waals surface area contributed by atoms with Crippen LogP contribution in [0.1, 0.15) is 43.2 Å². The Bertz CT molecular complexity index is 812. The SMILES string of the molecule is CCn1ncc(CNC(=O)Nc2ccc3c(c2)C(=O)CC(C)(C)O3)n1. The van der Waals surface area contributed by atoms with Gasteiger partial charge in [0, 0.05) is 5.69 Å². The van der Waals surface area contributed by atoms with Gasteiger partial charge in [0.15, 0.2) is 5.78 Å². The van der Waals surface area contributed by atoms with E-state index >= 15 is 0 Å². The second-order valence-corrected chi connectivity index (χ2v) is 6.50. The van der Waals surface area contributed by atoms with Crippen LogP contribution in [0.2, 0.25) is 0 Å². The molecule has 25 heavy (non-hydrogen) atoms. The van der Waals surface area contributed by atoms with Gasteiger partial charge in [-0.1, -0.05) is 0 Å². The lowest BCUT2D eigenvalue weighted by atomic mass is 9.93. The van der Waals surface area contributed by atoms with Crippen molar-refractivity contribution in [1.29, 1.82) is 0 Å². The van der Waals surface area contributed by atoms with E-state index in [0.717, 1.165) is 0 Å². The number of aromatic nitrogens is 3. The number of anilines is 1. The molecule has 0 radical (unpaired) electrons. The van der Waals surface area contributed by atoms with E-state index in [0.29, 0.717) is 35.7 Å². The molecule has 1 aliphatic heterocycles. The minimum absolute atomic E-state index is 0.00601. The highest BCUT2D eigenvalue weighted by atomic mass is 16.5. The molecular weight excluding hydrogens is 322 g/mol. The Balaban J connectivity index is 1.62. The molecule has 0 spiro atoms. The van der Waals surface area contributed by atoms with Gasteiger partial charge in [-0.25, -0.2) is 4.79 Å². The van der Waals surface area contributed by atoms with Crippen molar-refractivity contribution in [3.63, 3.8) is 0 Å². The van der Waals surface area contributed by atoms with Crippen molar-refractivity contribution < 1.29 is 14.3 Å². The fourth-order valence-corrected chi connectivity index (χ4v) is 2.64. The van der Waals surface area contributed by atoms with Gasteiger partial charge in [-0.2, -0.15) is 15.0 Å². The first-order valence-corrected chi connectivity index (χ1v) is 8.16. The van der Waals surface area contributed by atoms with Crippen LogP contribution in [0.3, 0.4) is 0 Å². The van der Waals surface area contributed by atoms with Crippen molar-refractivity contribution in [2.45, 2.75) is 45.9 Å². The van der Waals surface area contributed by atoms with Gasteiger partial charge in [0.25, 0.3) is 0 Å². The van der Waals surface area contributed by atoms with Crippen molar-refractivity contribution in [3.8, 4) is 5.75 Å². The third kappa shape index (κ3) is 3.96. The first-order valence-electron chi connectivity index (χ1n) is 8.16. The molecule has 0 aliphatic carbocycles. The average molecular weight is 343 g/mol. The average Bonchev–Trinajstić information content (AvgIpc) is 3.01. The molecule has 0 unspecified atom stereocenters. The first-order chi connectivity index (χ1) is 11.9. The van der Waals surface area contributed by atoms with E-state index in [2.05, 4.69) is 20.8 Å². The highest BCUT2D eigenvalue weighted by molar-refractivity contribution is 6.02. The van der Waals surface area contributed by atoms with E-state index < -0.39 is 5.60 Å². The monoisotopic (exact) mass is 343 g/mol. The number of nitrogens with one attached hydrogen (secondary N) is 2. The molecule has 0 fully saturated rings. The van der Waals surface area contributed by atoms with Gasteiger partial charge in [0.05, 0.1) is 31.3 Å². The molecule has 2 aromatic rings. The smallest absolute Gasteiger partial charge is 0.319 e. The predicted molar refractivity (Wildman–Crippen MR) is 91.7 cm³/mol. The molecule has 0 bridgehead atoms. The van der Waals surface area contributed by atoms with Crippen molar-refractivity contribution >= 4 is 17.5 Å². The summed E-state index contributed by atoms with van der Waals surface area (Å²) in [5.41, 5.74) is 1.19. The third-order valence-electron chi connectivity index (χ3n) is 3.81. The number of aryl methyl sites for hydroxylation is 1. The van der Waals surface area contributed by atoms with Crippen LogP contribution in [0.4, 0.5) is 10.5 Å². The lowest BCUT2D eigenvalue weighted by Gasteiger charge is -2.31. The summed E-state index contributed by atoms with van der Waals surface area (Å²) in [5.74, 6) is 0.551. The number of ether oxygens (including phenoxy) is 1. The number of amides is 2. The third-order valence-corrected chi connectivity index (χ3v) is 3.81. The summed E-state index contributed by atoms with van der Waals surface area (Å²) in [6.07, 6.45) is 1.92. The molecule has 2 heterocycles. The number of ketones is 1. The zero-order valence-corrected chi connectivity index (χ0v) is 14.5. The molecule has 8 heteroatoms. The lowest BCUT2D eigenvalue weighted by molar-refractivity contribution is 0.0620. The summed E-state index contributed by atoms with van der Waals surface area (Å²) in [6.45, 7) is 6.64. The standard InChI is InChI=1S/C17H21N5O3/c1-4-22-19-10-12(21-22)9-18-16(24)20-11-5-6-15-13(7-11)14(23)8-17(2,3)25-15/h5-7,10H,4,8-9H2,1-3H3,(H2,18,20,24). The Morgan fingerprint density at radius 3 is 2.92 bits per heavy atom. The molecule has 3 rings (SSSR count). The predicted octanol–water partition coefficient (Wildman–Crippen LogP) is 2.36. The van der Waals surface area contributed by atoms with E-state index in [-0.39, 0.29) is 18.4 Å². The number of Topliss-reactive ketones (excluding diaryl/α,β-unsaturated/α-hetero) is 1. The quantitative estimate of drug-likeness (QED) is 0.888. The van der Waals surface area contributed by atoms with Crippen LogP contribution in [0.15, 0.2) is 24.4 Å². The molecular formula is C17H21N5O3. The molecule has 2 N–H and O–H groups in total. The minimum atomic E-state index is -0.508. The van der Waals surface area contributed by atoms with Crippen molar-refractivity contribution in [2.75, 3.05) is 5.32 Å². The first kappa shape index (κ1) is 16.9. The molecule has 1 aliphatic rings. The molecule has 0 atom stereocenters. The number of hydrogen-bond donors (Lipinski definition) is 2. The second kappa shape index (κ2) is 6.54. The van der Waals surface area contributed by atoms with E-state index in [1.165, 1.54) is 0 Å². The molecule has 0 saturated heterocycles. The van der Waals surface area contributed by atoms with Crippen molar-refractivity contribution in [3.05, 3.63) is 35.7 Å². The summed E-state index contributed by atoms with van der Waals surface area (Å²) in [4.78, 5) is 25.8. The van der Waals surface area contributed by atoms with Gasteiger partial charge in [-0.15, -0.1) is 0 Å². The van der Waals surface area contributed by atoms with Gasteiger partial charge in [-0.05, 0) is 39.0 Å². The normalized spacial score (nSPS) is 15.2. The maximum atomic E-state index is 12.3. The number of benzene rings is 1. The van der Waals surface area contributed by atoms with E-state index in [1.807, 2.05) is 20.8 Å². The van der Waals surface area contributed by atoms with E-state index in [1.54, 1.807) is 29.2 Å². The van der Waals surface area contributed by atoms with Gasteiger partial charge in [0.2, 0.25) is 0 Å². The summed E-state index contributed by atoms with van der Waals surface area (Å²) in [5, 5.41) is 13.7. The number of rotatable bonds is 4. The number of hydrogen-bond acceptors (Lipinski definition) is 5. The number of nitrogens with zero attached hydrogens (tertiary/aromatic N) is 3. The zero-order valence-electron chi connectivity index (χ0n) is 14.5. The van der Waals surface area contributed by atoms with Gasteiger partial charge in [-0.3, -0.25) is 4.79 Å². The Labute approximate surface area is 145 Å². The summed E-state index contributed by atoms with van der Waals surface area (Å²) < 4.78 is 5.80. The highest BCUT2D eigenvalue weighted by Crippen LogP contribution is 2.34. The van der Waals surface area contributed by atoms with Crippen LogP contribution in [-0.4, -0.2) is 32.4 Å². The highest BCUT2D eigenvalue weighted by Gasteiger charge is 2.32. The maximum Gasteiger partial charge on any atom is 0.319 e. The lowest BCUT2D eigenvalue weighted by Crippen LogP contribution is -2.36. The van der Waals surface area contributed by atoms with Crippen molar-refractivity contribution in [2.24, 2.45) is 0 Å². The van der Waals surface area contributed by atoms with Gasteiger partial charge < -0.3 is 15.4 Å². The van der Waals surface area contributed by atoms with Crippen LogP contribution in [0.5, 0.6) is 5.75 Å². The summed E-state index contributed by atoms with van der Waals surface area (Å²) in [6, 6.07) is 4.67. The molecule has 1 aromatic heterocycles. The fourth-order valence-electron chi connectivity index (χ4n) is 2.64. The largest absolute Gasteiger partial charge is 0.487 e. The number of urea groups is 1. The van der Waals surface area contributed by atoms with Crippen LogP contribution >= 0.6 is 0 Å². The molecule has 2 amide bonds. The van der Waals surface area contributed by atoms with Crippen LogP contribution in [0, 0.1) is 0 Å². The van der Waals surface area contributed by atoms with Crippen LogP contribution in [0.25, 0.3) is 0 Å². The summed E-state index contributed by atoms with van der Waals surface area (Å²) >= 11 is 0. The number of carbonyl (C=O) groups is 2. The fraction of sp³-hybridized carbons (Fsp3) is 0.412. The molecule has 0 saturated carbocycles.